The molecule has 3 aliphatic rings. The monoisotopic (exact) mass is 370 g/mol. The standard InChI is InChI=1S/C23H34N2O2/c1-3-25-20-10-5-4-9-18(20)15-19-16-22(26-2)23(17-21(19)25)27-14-8-13-24-11-6-7-12-24/h15-17,20H,3-14H2,1-2H3. The van der Waals surface area contributed by atoms with Crippen molar-refractivity contribution < 1.29 is 9.47 Å². The molecule has 0 bridgehead atoms. The first-order valence-corrected chi connectivity index (χ1v) is 10.8. The lowest BCUT2D eigenvalue weighted by Gasteiger charge is -2.41. The molecule has 0 amide bonds. The molecule has 4 rings (SSSR count). The molecule has 4 heteroatoms. The molecule has 2 heterocycles. The van der Waals surface area contributed by atoms with E-state index in [1.807, 2.05) is 0 Å². The third kappa shape index (κ3) is 3.96. The van der Waals surface area contributed by atoms with Crippen LogP contribution in [0, 0.1) is 0 Å². The second kappa shape index (κ2) is 8.55. The van der Waals surface area contributed by atoms with E-state index < -0.39 is 0 Å². The molecule has 1 atom stereocenters. The largest absolute Gasteiger partial charge is 0.493 e. The van der Waals surface area contributed by atoms with Crippen LogP contribution in [0.15, 0.2) is 17.7 Å². The number of benzene rings is 1. The number of likely N-dealkylation sites (tertiary alicyclic amines) is 1. The van der Waals surface area contributed by atoms with Crippen LogP contribution in [0.1, 0.15) is 57.4 Å². The van der Waals surface area contributed by atoms with E-state index in [-0.39, 0.29) is 0 Å². The van der Waals surface area contributed by atoms with Gasteiger partial charge in [0.25, 0.3) is 0 Å². The molecule has 148 valence electrons. The topological polar surface area (TPSA) is 24.9 Å². The molecular weight excluding hydrogens is 336 g/mol. The van der Waals surface area contributed by atoms with E-state index in [4.69, 9.17) is 9.47 Å². The Morgan fingerprint density at radius 3 is 2.70 bits per heavy atom. The van der Waals surface area contributed by atoms with Crippen LogP contribution >= 0.6 is 0 Å². The molecule has 1 aromatic rings. The number of methoxy groups -OCH3 is 1. The van der Waals surface area contributed by atoms with E-state index in [1.165, 1.54) is 62.9 Å². The van der Waals surface area contributed by atoms with Gasteiger partial charge in [0.1, 0.15) is 0 Å². The zero-order valence-electron chi connectivity index (χ0n) is 17.0. The highest BCUT2D eigenvalue weighted by molar-refractivity contribution is 5.78. The summed E-state index contributed by atoms with van der Waals surface area (Å²) in [5.74, 6) is 1.75. The van der Waals surface area contributed by atoms with Crippen LogP contribution in [0.5, 0.6) is 11.5 Å². The average Bonchev–Trinajstić information content (AvgIpc) is 3.22. The van der Waals surface area contributed by atoms with Crippen molar-refractivity contribution >= 4 is 11.8 Å². The summed E-state index contributed by atoms with van der Waals surface area (Å²) in [5, 5.41) is 0. The maximum Gasteiger partial charge on any atom is 0.163 e. The molecule has 0 spiro atoms. The van der Waals surface area contributed by atoms with Crippen LogP contribution < -0.4 is 14.4 Å². The van der Waals surface area contributed by atoms with Crippen LogP contribution in [0.4, 0.5) is 5.69 Å². The zero-order chi connectivity index (χ0) is 18.6. The summed E-state index contributed by atoms with van der Waals surface area (Å²) in [6.45, 7) is 7.70. The highest BCUT2D eigenvalue weighted by Crippen LogP contribution is 2.43. The predicted molar refractivity (Wildman–Crippen MR) is 112 cm³/mol. The number of likely N-dealkylation sites (N-methyl/N-ethyl adjacent to an activating group) is 1. The third-order valence-electron chi connectivity index (χ3n) is 6.38. The summed E-state index contributed by atoms with van der Waals surface area (Å²) < 4.78 is 11.8. The Morgan fingerprint density at radius 2 is 1.93 bits per heavy atom. The van der Waals surface area contributed by atoms with Gasteiger partial charge < -0.3 is 19.3 Å². The Kier molecular flexibility index (Phi) is 5.92. The smallest absolute Gasteiger partial charge is 0.163 e. The quantitative estimate of drug-likeness (QED) is 0.648. The number of fused-ring (bicyclic) bond motifs is 2. The second-order valence-corrected chi connectivity index (χ2v) is 8.08. The van der Waals surface area contributed by atoms with Crippen LogP contribution in [0.25, 0.3) is 6.08 Å². The number of anilines is 1. The van der Waals surface area contributed by atoms with Crippen LogP contribution in [0.2, 0.25) is 0 Å². The lowest BCUT2D eigenvalue weighted by Crippen LogP contribution is -2.40. The van der Waals surface area contributed by atoms with E-state index in [0.29, 0.717) is 6.04 Å². The highest BCUT2D eigenvalue weighted by Gasteiger charge is 2.30. The van der Waals surface area contributed by atoms with Gasteiger partial charge in [0.2, 0.25) is 0 Å². The SMILES string of the molecule is CCN1c2cc(OCCCN3CCCC3)c(OC)cc2C=C2CCCCC21. The first-order valence-electron chi connectivity index (χ1n) is 10.8. The zero-order valence-corrected chi connectivity index (χ0v) is 17.0. The van der Waals surface area contributed by atoms with E-state index in [9.17, 15) is 0 Å². The minimum absolute atomic E-state index is 0.577. The molecule has 0 N–H and O–H groups in total. The summed E-state index contributed by atoms with van der Waals surface area (Å²) in [4.78, 5) is 5.11. The first-order chi connectivity index (χ1) is 13.3. The number of hydrogen-bond acceptors (Lipinski definition) is 4. The fourth-order valence-electron chi connectivity index (χ4n) is 4.98. The lowest BCUT2D eigenvalue weighted by molar-refractivity contribution is 0.254. The van der Waals surface area contributed by atoms with Gasteiger partial charge in [-0.2, -0.15) is 0 Å². The molecule has 4 nitrogen and oxygen atoms in total. The van der Waals surface area contributed by atoms with Crippen molar-refractivity contribution in [3.8, 4) is 11.5 Å². The van der Waals surface area contributed by atoms with Gasteiger partial charge in [-0.05, 0) is 70.2 Å². The average molecular weight is 371 g/mol. The summed E-state index contributed by atoms with van der Waals surface area (Å²) in [6, 6.07) is 4.97. The highest BCUT2D eigenvalue weighted by atomic mass is 16.5. The van der Waals surface area contributed by atoms with Gasteiger partial charge in [0.15, 0.2) is 11.5 Å². The molecule has 0 radical (unpaired) electrons. The van der Waals surface area contributed by atoms with E-state index in [2.05, 4.69) is 34.9 Å². The van der Waals surface area contributed by atoms with Gasteiger partial charge in [-0.15, -0.1) is 0 Å². The Morgan fingerprint density at radius 1 is 1.07 bits per heavy atom. The number of rotatable bonds is 7. The fourth-order valence-corrected chi connectivity index (χ4v) is 4.98. The van der Waals surface area contributed by atoms with Crippen molar-refractivity contribution in [1.29, 1.82) is 0 Å². The number of nitrogens with zero attached hydrogens (tertiary/aromatic N) is 2. The van der Waals surface area contributed by atoms with E-state index in [0.717, 1.165) is 37.6 Å². The molecule has 2 aliphatic heterocycles. The Bertz CT molecular complexity index is 679. The molecule has 1 saturated heterocycles. The van der Waals surface area contributed by atoms with Crippen LogP contribution in [0.3, 0.4) is 0 Å². The minimum Gasteiger partial charge on any atom is -0.493 e. The third-order valence-corrected chi connectivity index (χ3v) is 6.38. The van der Waals surface area contributed by atoms with Crippen molar-refractivity contribution in [3.63, 3.8) is 0 Å². The van der Waals surface area contributed by atoms with Gasteiger partial charge in [-0.3, -0.25) is 0 Å². The fraction of sp³-hybridized carbons (Fsp3) is 0.652. The minimum atomic E-state index is 0.577. The van der Waals surface area contributed by atoms with Crippen molar-refractivity contribution in [2.75, 3.05) is 44.8 Å². The normalized spacial score (nSPS) is 22.2. The van der Waals surface area contributed by atoms with Gasteiger partial charge >= 0.3 is 0 Å². The molecule has 1 saturated carbocycles. The van der Waals surface area contributed by atoms with E-state index in [1.54, 1.807) is 12.7 Å². The molecule has 2 fully saturated rings. The van der Waals surface area contributed by atoms with Crippen LogP contribution in [-0.4, -0.2) is 50.8 Å². The number of hydrogen-bond donors (Lipinski definition) is 0. The van der Waals surface area contributed by atoms with Crippen molar-refractivity contribution in [2.24, 2.45) is 0 Å². The molecule has 0 aromatic heterocycles. The predicted octanol–water partition coefficient (Wildman–Crippen LogP) is 4.73. The summed E-state index contributed by atoms with van der Waals surface area (Å²) in [5.41, 5.74) is 4.19. The summed E-state index contributed by atoms with van der Waals surface area (Å²) >= 11 is 0. The van der Waals surface area contributed by atoms with Gasteiger partial charge in [0.05, 0.1) is 19.8 Å². The van der Waals surface area contributed by atoms with Crippen molar-refractivity contribution in [3.05, 3.63) is 23.3 Å². The summed E-state index contributed by atoms with van der Waals surface area (Å²) in [6.07, 6.45) is 11.4. The summed E-state index contributed by atoms with van der Waals surface area (Å²) in [7, 11) is 1.75. The Labute approximate surface area is 164 Å². The maximum atomic E-state index is 6.18. The first kappa shape index (κ1) is 18.7. The lowest BCUT2D eigenvalue weighted by atomic mass is 9.84. The molecule has 27 heavy (non-hydrogen) atoms. The second-order valence-electron chi connectivity index (χ2n) is 8.08. The van der Waals surface area contributed by atoms with Crippen molar-refractivity contribution in [2.45, 2.75) is 57.9 Å². The Hall–Kier alpha value is -1.68. The Balaban J connectivity index is 1.50. The van der Waals surface area contributed by atoms with Gasteiger partial charge in [-0.25, -0.2) is 0 Å². The maximum absolute atomic E-state index is 6.18. The molecular formula is C23H34N2O2. The molecule has 1 unspecified atom stereocenters. The van der Waals surface area contributed by atoms with Crippen molar-refractivity contribution in [1.82, 2.24) is 4.90 Å². The van der Waals surface area contributed by atoms with E-state index >= 15 is 0 Å². The van der Waals surface area contributed by atoms with Crippen LogP contribution in [-0.2, 0) is 0 Å². The van der Waals surface area contributed by atoms with Gasteiger partial charge in [-0.1, -0.05) is 12.5 Å². The van der Waals surface area contributed by atoms with Gasteiger partial charge in [0, 0.05) is 30.4 Å². The number of ether oxygens (including phenoxy) is 2. The molecule has 1 aliphatic carbocycles. The molecule has 1 aromatic carbocycles.